The van der Waals surface area contributed by atoms with E-state index in [0.29, 0.717) is 12.1 Å². The number of nitrogens with one attached hydrogen (secondary N) is 1. The fraction of sp³-hybridized carbons (Fsp3) is 0.571. The average Bonchev–Trinajstić information content (AvgIpc) is 2.16. The Morgan fingerprint density at radius 2 is 1.73 bits per heavy atom. The molecule has 0 radical (unpaired) electrons. The van der Waals surface area contributed by atoms with Crippen molar-refractivity contribution in [3.05, 3.63) is 34.9 Å². The molecule has 0 saturated carbocycles. The van der Waals surface area contributed by atoms with Crippen LogP contribution in [0.5, 0.6) is 0 Å². The van der Waals surface area contributed by atoms with Crippen molar-refractivity contribution in [1.82, 2.24) is 5.32 Å². The summed E-state index contributed by atoms with van der Waals surface area (Å²) in [6.07, 6.45) is 3.96. The topological polar surface area (TPSA) is 12.0 Å². The fourth-order valence-corrected chi connectivity index (χ4v) is 2.61. The van der Waals surface area contributed by atoms with Gasteiger partial charge in [-0.25, -0.2) is 0 Å². The van der Waals surface area contributed by atoms with E-state index in [4.69, 9.17) is 0 Å². The molecular weight excluding hydrogens is 182 g/mol. The van der Waals surface area contributed by atoms with Crippen LogP contribution in [-0.2, 0) is 0 Å². The summed E-state index contributed by atoms with van der Waals surface area (Å²) in [4.78, 5) is 0. The Labute approximate surface area is 92.9 Å². The van der Waals surface area contributed by atoms with Crippen molar-refractivity contribution < 1.29 is 0 Å². The molecule has 0 spiro atoms. The predicted molar refractivity (Wildman–Crippen MR) is 65.1 cm³/mol. The highest BCUT2D eigenvalue weighted by Gasteiger charge is 2.19. The van der Waals surface area contributed by atoms with Crippen LogP contribution in [0.4, 0.5) is 0 Å². The van der Waals surface area contributed by atoms with E-state index in [-0.39, 0.29) is 0 Å². The van der Waals surface area contributed by atoms with Gasteiger partial charge in [-0.3, -0.25) is 0 Å². The first kappa shape index (κ1) is 10.7. The highest BCUT2D eigenvalue weighted by Crippen LogP contribution is 2.26. The van der Waals surface area contributed by atoms with Crippen LogP contribution in [0.2, 0.25) is 0 Å². The van der Waals surface area contributed by atoms with E-state index in [1.165, 1.54) is 36.0 Å². The van der Waals surface area contributed by atoms with Gasteiger partial charge in [0, 0.05) is 12.1 Å². The number of piperidine rings is 1. The molecule has 0 amide bonds. The summed E-state index contributed by atoms with van der Waals surface area (Å²) in [7, 11) is 0. The summed E-state index contributed by atoms with van der Waals surface area (Å²) in [6, 6.07) is 8.14. The van der Waals surface area contributed by atoms with Crippen LogP contribution in [0, 0.1) is 13.8 Å². The van der Waals surface area contributed by atoms with E-state index < -0.39 is 0 Å². The summed E-state index contributed by atoms with van der Waals surface area (Å²) in [5.41, 5.74) is 4.23. The zero-order valence-electron chi connectivity index (χ0n) is 10.0. The van der Waals surface area contributed by atoms with E-state index in [2.05, 4.69) is 44.3 Å². The molecule has 2 rings (SSSR count). The molecule has 2 atom stereocenters. The van der Waals surface area contributed by atoms with Gasteiger partial charge in [0.05, 0.1) is 0 Å². The number of hydrogen-bond acceptors (Lipinski definition) is 1. The summed E-state index contributed by atoms with van der Waals surface area (Å²) in [6.45, 7) is 6.65. The average molecular weight is 203 g/mol. The maximum absolute atomic E-state index is 3.69. The molecule has 1 aromatic rings. The lowest BCUT2D eigenvalue weighted by Gasteiger charge is -2.29. The Hall–Kier alpha value is -0.820. The summed E-state index contributed by atoms with van der Waals surface area (Å²) < 4.78 is 0. The molecule has 2 unspecified atom stereocenters. The third-order valence-electron chi connectivity index (χ3n) is 3.26. The molecule has 1 fully saturated rings. The van der Waals surface area contributed by atoms with E-state index in [0.717, 1.165) is 0 Å². The number of benzene rings is 1. The minimum Gasteiger partial charge on any atom is -0.307 e. The van der Waals surface area contributed by atoms with Gasteiger partial charge in [0.2, 0.25) is 0 Å². The van der Waals surface area contributed by atoms with Gasteiger partial charge >= 0.3 is 0 Å². The van der Waals surface area contributed by atoms with Gasteiger partial charge in [0.25, 0.3) is 0 Å². The lowest BCUT2D eigenvalue weighted by Crippen LogP contribution is -2.34. The Balaban J connectivity index is 2.20. The van der Waals surface area contributed by atoms with Gasteiger partial charge < -0.3 is 5.32 Å². The zero-order chi connectivity index (χ0) is 10.8. The van der Waals surface area contributed by atoms with Crippen LogP contribution < -0.4 is 5.32 Å². The SMILES string of the molecule is Cc1cc(C)cc(C2CCCC(C)N2)c1. The summed E-state index contributed by atoms with van der Waals surface area (Å²) in [5.74, 6) is 0. The summed E-state index contributed by atoms with van der Waals surface area (Å²) >= 11 is 0. The van der Waals surface area contributed by atoms with Crippen molar-refractivity contribution >= 4 is 0 Å². The third-order valence-corrected chi connectivity index (χ3v) is 3.26. The molecule has 1 N–H and O–H groups in total. The number of hydrogen-bond donors (Lipinski definition) is 1. The van der Waals surface area contributed by atoms with Gasteiger partial charge in [-0.15, -0.1) is 0 Å². The maximum atomic E-state index is 3.69. The molecule has 1 saturated heterocycles. The Morgan fingerprint density at radius 3 is 2.33 bits per heavy atom. The maximum Gasteiger partial charge on any atom is 0.0322 e. The van der Waals surface area contributed by atoms with Gasteiger partial charge in [0.15, 0.2) is 0 Å². The second-order valence-electron chi connectivity index (χ2n) is 4.97. The minimum atomic E-state index is 0.576. The van der Waals surface area contributed by atoms with E-state index in [9.17, 15) is 0 Å². The molecule has 0 aliphatic carbocycles. The van der Waals surface area contributed by atoms with Gasteiger partial charge in [-0.1, -0.05) is 35.7 Å². The lowest BCUT2D eigenvalue weighted by atomic mass is 9.92. The van der Waals surface area contributed by atoms with Crippen molar-refractivity contribution in [3.63, 3.8) is 0 Å². The second kappa shape index (κ2) is 4.36. The molecular formula is C14H21N. The quantitative estimate of drug-likeness (QED) is 0.736. The first-order chi connectivity index (χ1) is 7.15. The molecule has 0 bridgehead atoms. The van der Waals surface area contributed by atoms with Crippen LogP contribution in [-0.4, -0.2) is 6.04 Å². The highest BCUT2D eigenvalue weighted by molar-refractivity contribution is 5.30. The Morgan fingerprint density at radius 1 is 1.07 bits per heavy atom. The van der Waals surface area contributed by atoms with Crippen molar-refractivity contribution in [1.29, 1.82) is 0 Å². The molecule has 1 heterocycles. The largest absolute Gasteiger partial charge is 0.307 e. The van der Waals surface area contributed by atoms with Crippen LogP contribution >= 0.6 is 0 Å². The van der Waals surface area contributed by atoms with E-state index in [1.54, 1.807) is 0 Å². The minimum absolute atomic E-state index is 0.576. The molecule has 82 valence electrons. The molecule has 0 aromatic heterocycles. The molecule has 1 aromatic carbocycles. The first-order valence-corrected chi connectivity index (χ1v) is 5.99. The van der Waals surface area contributed by atoms with Crippen LogP contribution in [0.3, 0.4) is 0 Å². The Bertz CT molecular complexity index is 323. The third kappa shape index (κ3) is 2.60. The lowest BCUT2D eigenvalue weighted by molar-refractivity contribution is 0.341. The molecule has 1 aliphatic rings. The highest BCUT2D eigenvalue weighted by atomic mass is 15.0. The Kier molecular flexibility index (Phi) is 3.11. The van der Waals surface area contributed by atoms with Gasteiger partial charge in [0.1, 0.15) is 0 Å². The van der Waals surface area contributed by atoms with Gasteiger partial charge in [-0.05, 0) is 39.2 Å². The number of rotatable bonds is 1. The summed E-state index contributed by atoms with van der Waals surface area (Å²) in [5, 5.41) is 3.69. The van der Waals surface area contributed by atoms with Crippen molar-refractivity contribution in [2.75, 3.05) is 0 Å². The molecule has 1 heteroatoms. The van der Waals surface area contributed by atoms with Crippen LogP contribution in [0.1, 0.15) is 48.9 Å². The van der Waals surface area contributed by atoms with Crippen molar-refractivity contribution in [3.8, 4) is 0 Å². The molecule has 1 aliphatic heterocycles. The monoisotopic (exact) mass is 203 g/mol. The fourth-order valence-electron chi connectivity index (χ4n) is 2.61. The van der Waals surface area contributed by atoms with E-state index >= 15 is 0 Å². The normalized spacial score (nSPS) is 26.6. The van der Waals surface area contributed by atoms with Crippen LogP contribution in [0.15, 0.2) is 18.2 Å². The van der Waals surface area contributed by atoms with Crippen LogP contribution in [0.25, 0.3) is 0 Å². The smallest absolute Gasteiger partial charge is 0.0322 e. The second-order valence-corrected chi connectivity index (χ2v) is 4.97. The predicted octanol–water partition coefficient (Wildman–Crippen LogP) is 3.51. The van der Waals surface area contributed by atoms with E-state index in [1.807, 2.05) is 0 Å². The molecule has 1 nitrogen and oxygen atoms in total. The van der Waals surface area contributed by atoms with Crippen molar-refractivity contribution in [2.45, 2.75) is 52.1 Å². The van der Waals surface area contributed by atoms with Crippen molar-refractivity contribution in [2.24, 2.45) is 0 Å². The standard InChI is InChI=1S/C14H21N/c1-10-7-11(2)9-13(8-10)14-6-4-5-12(3)15-14/h7-9,12,14-15H,4-6H2,1-3H3. The van der Waals surface area contributed by atoms with Gasteiger partial charge in [-0.2, -0.15) is 0 Å². The molecule has 15 heavy (non-hydrogen) atoms. The first-order valence-electron chi connectivity index (χ1n) is 5.99. The zero-order valence-corrected chi connectivity index (χ0v) is 10.0. The number of aryl methyl sites for hydroxylation is 2.